The molecule has 2 amide bonds. The summed E-state index contributed by atoms with van der Waals surface area (Å²) in [6.45, 7) is 0.249. The van der Waals surface area contributed by atoms with Gasteiger partial charge in [0.1, 0.15) is 17.3 Å². The molecule has 0 saturated heterocycles. The third-order valence-electron chi connectivity index (χ3n) is 4.25. The molecule has 29 heavy (non-hydrogen) atoms. The molecule has 1 aromatic heterocycles. The molecule has 2 aromatic carbocycles. The molecule has 2 N–H and O–H groups in total. The van der Waals surface area contributed by atoms with Crippen LogP contribution in [0.15, 0.2) is 66.9 Å². The molecule has 0 aliphatic rings. The summed E-state index contributed by atoms with van der Waals surface area (Å²) in [4.78, 5) is 28.9. The van der Waals surface area contributed by atoms with Gasteiger partial charge in [0.05, 0.1) is 12.8 Å². The number of carbonyl (C=O) groups is 2. The van der Waals surface area contributed by atoms with Crippen LogP contribution in [0, 0.1) is 5.82 Å². The third kappa shape index (κ3) is 5.16. The number of halogens is 1. The highest BCUT2D eigenvalue weighted by molar-refractivity contribution is 6.06. The minimum Gasteiger partial charge on any atom is -0.495 e. The molecule has 0 bridgehead atoms. The molecule has 6 nitrogen and oxygen atoms in total. The van der Waals surface area contributed by atoms with Gasteiger partial charge < -0.3 is 15.4 Å². The Hall–Kier alpha value is -3.74. The molecule has 148 valence electrons. The molecule has 0 saturated carbocycles. The lowest BCUT2D eigenvalue weighted by Gasteiger charge is -2.10. The van der Waals surface area contributed by atoms with Gasteiger partial charge in [-0.1, -0.05) is 30.3 Å². The van der Waals surface area contributed by atoms with Crippen LogP contribution in [0.2, 0.25) is 0 Å². The maximum atomic E-state index is 13.6. The first-order chi connectivity index (χ1) is 14.1. The second-order valence-electron chi connectivity index (χ2n) is 6.18. The van der Waals surface area contributed by atoms with E-state index in [2.05, 4.69) is 15.6 Å². The fourth-order valence-electron chi connectivity index (χ4n) is 2.74. The number of methoxy groups -OCH3 is 1. The Morgan fingerprint density at radius 1 is 1.03 bits per heavy atom. The molecule has 0 spiro atoms. The van der Waals surface area contributed by atoms with Gasteiger partial charge in [-0.2, -0.15) is 0 Å². The summed E-state index contributed by atoms with van der Waals surface area (Å²) in [5.74, 6) is -0.610. The number of aromatic nitrogens is 1. The highest BCUT2D eigenvalue weighted by atomic mass is 19.1. The second-order valence-corrected chi connectivity index (χ2v) is 6.18. The van der Waals surface area contributed by atoms with Crippen LogP contribution in [0.4, 0.5) is 10.1 Å². The van der Waals surface area contributed by atoms with Gasteiger partial charge in [-0.15, -0.1) is 0 Å². The van der Waals surface area contributed by atoms with Crippen LogP contribution in [0.5, 0.6) is 5.75 Å². The van der Waals surface area contributed by atoms with Crippen molar-refractivity contribution in [3.05, 3.63) is 89.5 Å². The Balaban J connectivity index is 1.63. The van der Waals surface area contributed by atoms with Gasteiger partial charge in [0.2, 0.25) is 0 Å². The van der Waals surface area contributed by atoms with Crippen LogP contribution in [-0.2, 0) is 6.42 Å². The molecule has 0 aliphatic carbocycles. The Labute approximate surface area is 167 Å². The summed E-state index contributed by atoms with van der Waals surface area (Å²) in [5.41, 5.74) is 1.43. The van der Waals surface area contributed by atoms with Crippen LogP contribution < -0.4 is 15.4 Å². The number of nitrogens with one attached hydrogen (secondary N) is 2. The predicted molar refractivity (Wildman–Crippen MR) is 108 cm³/mol. The number of amides is 2. The minimum absolute atomic E-state index is 0.103. The molecule has 3 aromatic rings. The van der Waals surface area contributed by atoms with Crippen molar-refractivity contribution in [2.75, 3.05) is 19.0 Å². The third-order valence-corrected chi connectivity index (χ3v) is 4.25. The van der Waals surface area contributed by atoms with E-state index in [1.165, 1.54) is 31.5 Å². The zero-order valence-electron chi connectivity index (χ0n) is 15.8. The van der Waals surface area contributed by atoms with E-state index in [0.29, 0.717) is 23.4 Å². The molecular weight excluding hydrogens is 373 g/mol. The van der Waals surface area contributed by atoms with Crippen molar-refractivity contribution in [3.63, 3.8) is 0 Å². The number of carbonyl (C=O) groups excluding carboxylic acids is 2. The van der Waals surface area contributed by atoms with E-state index in [1.807, 2.05) is 0 Å². The number of nitrogens with zero attached hydrogens (tertiary/aromatic N) is 1. The molecule has 0 unspecified atom stereocenters. The molecule has 7 heteroatoms. The Morgan fingerprint density at radius 3 is 2.59 bits per heavy atom. The van der Waals surface area contributed by atoms with E-state index in [1.54, 1.807) is 42.5 Å². The number of para-hydroxylation sites is 2. The quantitative estimate of drug-likeness (QED) is 0.644. The zero-order chi connectivity index (χ0) is 20.6. The summed E-state index contributed by atoms with van der Waals surface area (Å²) in [6.07, 6.45) is 1.75. The molecule has 0 aliphatic heterocycles. The first-order valence-electron chi connectivity index (χ1n) is 9.00. The van der Waals surface area contributed by atoms with Crippen LogP contribution in [-0.4, -0.2) is 30.5 Å². The summed E-state index contributed by atoms with van der Waals surface area (Å²) >= 11 is 0. The molecule has 1 heterocycles. The number of hydrogen-bond acceptors (Lipinski definition) is 4. The number of pyridine rings is 1. The van der Waals surface area contributed by atoms with Crippen LogP contribution >= 0.6 is 0 Å². The minimum atomic E-state index is -0.437. The first kappa shape index (κ1) is 20.0. The molecule has 0 atom stereocenters. The predicted octanol–water partition coefficient (Wildman–Crippen LogP) is 3.45. The number of anilines is 1. The van der Waals surface area contributed by atoms with Gasteiger partial charge in [0, 0.05) is 18.3 Å². The van der Waals surface area contributed by atoms with Crippen LogP contribution in [0.1, 0.15) is 26.4 Å². The maximum Gasteiger partial charge on any atom is 0.269 e. The van der Waals surface area contributed by atoms with Crippen molar-refractivity contribution in [1.29, 1.82) is 0 Å². The second kappa shape index (κ2) is 9.45. The van der Waals surface area contributed by atoms with Gasteiger partial charge in [0.15, 0.2) is 0 Å². The van der Waals surface area contributed by atoms with Gasteiger partial charge in [0.25, 0.3) is 11.8 Å². The van der Waals surface area contributed by atoms with Gasteiger partial charge >= 0.3 is 0 Å². The van der Waals surface area contributed by atoms with Crippen molar-refractivity contribution in [2.45, 2.75) is 6.42 Å². The van der Waals surface area contributed by atoms with Crippen LogP contribution in [0.3, 0.4) is 0 Å². The van der Waals surface area contributed by atoms with Crippen molar-refractivity contribution in [1.82, 2.24) is 10.3 Å². The van der Waals surface area contributed by atoms with Gasteiger partial charge in [-0.3, -0.25) is 14.6 Å². The molecule has 0 radical (unpaired) electrons. The van der Waals surface area contributed by atoms with E-state index < -0.39 is 11.8 Å². The van der Waals surface area contributed by atoms with Gasteiger partial charge in [-0.05, 0) is 42.3 Å². The fraction of sp³-hybridized carbons (Fsp3) is 0.136. The summed E-state index contributed by atoms with van der Waals surface area (Å²) in [5, 5.41) is 5.44. The highest BCUT2D eigenvalue weighted by Gasteiger charge is 2.13. The molecular formula is C22H20FN3O3. The Kier molecular flexibility index (Phi) is 6.52. The smallest absolute Gasteiger partial charge is 0.269 e. The zero-order valence-corrected chi connectivity index (χ0v) is 15.8. The average molecular weight is 393 g/mol. The van der Waals surface area contributed by atoms with E-state index >= 15 is 0 Å². The standard InChI is InChI=1S/C22H20FN3O3/c1-29-20-9-5-4-8-18(20)26-21(27)16-11-12-24-19(14-16)22(28)25-13-10-15-6-2-3-7-17(15)23/h2-9,11-12,14H,10,13H2,1H3,(H,25,28)(H,26,27). The highest BCUT2D eigenvalue weighted by Crippen LogP contribution is 2.23. The van der Waals surface area contributed by atoms with Crippen molar-refractivity contribution < 1.29 is 18.7 Å². The topological polar surface area (TPSA) is 80.3 Å². The number of rotatable bonds is 7. The summed E-state index contributed by atoms with van der Waals surface area (Å²) in [7, 11) is 1.52. The average Bonchev–Trinajstić information content (AvgIpc) is 2.75. The lowest BCUT2D eigenvalue weighted by molar-refractivity contribution is 0.0949. The number of hydrogen-bond donors (Lipinski definition) is 2. The van der Waals surface area contributed by atoms with Gasteiger partial charge in [-0.25, -0.2) is 4.39 Å². The molecule has 3 rings (SSSR count). The van der Waals surface area contributed by atoms with Crippen molar-refractivity contribution in [3.8, 4) is 5.75 Å². The lowest BCUT2D eigenvalue weighted by Crippen LogP contribution is -2.27. The van der Waals surface area contributed by atoms with E-state index in [9.17, 15) is 14.0 Å². The largest absolute Gasteiger partial charge is 0.495 e. The summed E-state index contributed by atoms with van der Waals surface area (Å²) in [6, 6.07) is 16.3. The number of benzene rings is 2. The van der Waals surface area contributed by atoms with E-state index in [-0.39, 0.29) is 23.6 Å². The molecule has 0 fully saturated rings. The van der Waals surface area contributed by atoms with E-state index in [0.717, 1.165) is 0 Å². The SMILES string of the molecule is COc1ccccc1NC(=O)c1ccnc(C(=O)NCCc2ccccc2F)c1. The normalized spacial score (nSPS) is 10.3. The monoisotopic (exact) mass is 393 g/mol. The fourth-order valence-corrected chi connectivity index (χ4v) is 2.74. The summed E-state index contributed by atoms with van der Waals surface area (Å²) < 4.78 is 18.8. The van der Waals surface area contributed by atoms with Crippen LogP contribution in [0.25, 0.3) is 0 Å². The van der Waals surface area contributed by atoms with E-state index in [4.69, 9.17) is 4.74 Å². The Morgan fingerprint density at radius 2 is 1.79 bits per heavy atom. The maximum absolute atomic E-state index is 13.6. The van der Waals surface area contributed by atoms with Crippen molar-refractivity contribution >= 4 is 17.5 Å². The lowest BCUT2D eigenvalue weighted by atomic mass is 10.1. The van der Waals surface area contributed by atoms with Crippen molar-refractivity contribution in [2.24, 2.45) is 0 Å². The first-order valence-corrected chi connectivity index (χ1v) is 9.00. The Bertz CT molecular complexity index is 1020. The number of ether oxygens (including phenoxy) is 1.